The molecule has 3 rings (SSSR count). The van der Waals surface area contributed by atoms with E-state index in [1.807, 2.05) is 0 Å². The number of H-pyrrole nitrogens is 1. The molecule has 2 aromatic carbocycles. The fourth-order valence-electron chi connectivity index (χ4n) is 2.56. The molecule has 1 aromatic heterocycles. The van der Waals surface area contributed by atoms with Crippen LogP contribution in [0.25, 0.3) is 11.3 Å². The van der Waals surface area contributed by atoms with Crippen LogP contribution in [0.3, 0.4) is 0 Å². The Morgan fingerprint density at radius 2 is 1.81 bits per heavy atom. The van der Waals surface area contributed by atoms with E-state index in [0.29, 0.717) is 5.56 Å². The summed E-state index contributed by atoms with van der Waals surface area (Å²) in [7, 11) is 0. The van der Waals surface area contributed by atoms with Gasteiger partial charge in [-0.15, -0.1) is 0 Å². The van der Waals surface area contributed by atoms with Gasteiger partial charge in [-0.3, -0.25) is 9.78 Å². The van der Waals surface area contributed by atoms with Gasteiger partial charge in [-0.2, -0.15) is 23.5 Å². The van der Waals surface area contributed by atoms with Crippen LogP contribution in [0.4, 0.5) is 32.3 Å². The smallest absolute Gasteiger partial charge is 0.290 e. The van der Waals surface area contributed by atoms with Crippen molar-refractivity contribution < 1.29 is 26.3 Å². The molecule has 0 saturated carbocycles. The van der Waals surface area contributed by atoms with Gasteiger partial charge in [0.05, 0.1) is 17.5 Å². The Morgan fingerprint density at radius 1 is 1.13 bits per heavy atom. The van der Waals surface area contributed by atoms with Gasteiger partial charge in [0.25, 0.3) is 5.56 Å². The van der Waals surface area contributed by atoms with E-state index in [2.05, 4.69) is 20.5 Å². The molecular weight excluding hydrogens is 428 g/mol. The third kappa shape index (κ3) is 4.40. The van der Waals surface area contributed by atoms with Gasteiger partial charge in [0, 0.05) is 11.1 Å². The van der Waals surface area contributed by atoms with Crippen LogP contribution in [0.15, 0.2) is 46.3 Å². The largest absolute Gasteiger partial charge is 0.417 e. The average Bonchev–Trinajstić information content (AvgIpc) is 2.73. The molecule has 0 amide bonds. The number of hydrogen-bond donors (Lipinski definition) is 2. The summed E-state index contributed by atoms with van der Waals surface area (Å²) in [4.78, 5) is 18.2. The van der Waals surface area contributed by atoms with Crippen LogP contribution in [0.1, 0.15) is 16.7 Å². The number of rotatable bonds is 4. The van der Waals surface area contributed by atoms with Gasteiger partial charge < -0.3 is 0 Å². The molecule has 2 N–H and O–H groups in total. The van der Waals surface area contributed by atoms with Crippen LogP contribution in [0.2, 0.25) is 0 Å². The third-order valence-corrected chi connectivity index (χ3v) is 3.95. The summed E-state index contributed by atoms with van der Waals surface area (Å²) in [6.07, 6.45) is -4.93. The van der Waals surface area contributed by atoms with Crippen molar-refractivity contribution >= 4 is 12.2 Å². The topological polar surface area (TPSA) is 93.9 Å². The molecule has 0 bridgehead atoms. The van der Waals surface area contributed by atoms with E-state index in [1.54, 1.807) is 36.4 Å². The minimum absolute atomic E-state index is 0.0421. The molecule has 0 aliphatic heterocycles. The Balaban J connectivity index is 2.01. The van der Waals surface area contributed by atoms with Crippen LogP contribution in [0, 0.1) is 28.8 Å². The van der Waals surface area contributed by atoms with Gasteiger partial charge in [0.1, 0.15) is 11.6 Å². The zero-order valence-electron chi connectivity index (χ0n) is 15.1. The fraction of sp³-hybridized carbons (Fsp3) is 0.0526. The highest BCUT2D eigenvalue weighted by molar-refractivity contribution is 5.83. The van der Waals surface area contributed by atoms with Gasteiger partial charge in [-0.05, 0) is 6.07 Å². The molecule has 0 spiro atoms. The SMILES string of the molecule is N#Cc1c(-c2ccccc2)nc(NN=Cc2c(C(F)(F)F)cc(F)c(F)c2F)[nH]c1=O. The quantitative estimate of drug-likeness (QED) is 0.277. The van der Waals surface area contributed by atoms with Crippen LogP contribution < -0.4 is 11.0 Å². The number of benzene rings is 2. The van der Waals surface area contributed by atoms with Gasteiger partial charge in [0.15, 0.2) is 17.5 Å². The number of halogens is 6. The number of nitrogens with one attached hydrogen (secondary N) is 2. The molecule has 1 heterocycles. The standard InChI is InChI=1S/C19H9F6N5O/c20-13-6-12(19(23,24)25)11(14(21)15(13)22)8-27-30-18-28-16(9-4-2-1-3-5-9)10(7-26)17(31)29-18/h1-6,8H,(H2,28,29,30,31). The second-order valence-corrected chi connectivity index (χ2v) is 5.93. The Bertz CT molecular complexity index is 1260. The predicted molar refractivity (Wildman–Crippen MR) is 97.5 cm³/mol. The normalized spacial score (nSPS) is 11.5. The highest BCUT2D eigenvalue weighted by atomic mass is 19.4. The predicted octanol–water partition coefficient (Wildman–Crippen LogP) is 4.19. The van der Waals surface area contributed by atoms with E-state index in [-0.39, 0.29) is 23.5 Å². The number of nitrogens with zero attached hydrogens (tertiary/aromatic N) is 3. The van der Waals surface area contributed by atoms with Gasteiger partial charge in [0.2, 0.25) is 5.95 Å². The monoisotopic (exact) mass is 437 g/mol. The number of hydrogen-bond acceptors (Lipinski definition) is 5. The molecule has 0 saturated heterocycles. The lowest BCUT2D eigenvalue weighted by Crippen LogP contribution is -2.16. The molecule has 6 nitrogen and oxygen atoms in total. The molecule has 0 radical (unpaired) electrons. The van der Waals surface area contributed by atoms with Crippen molar-refractivity contribution in [3.63, 3.8) is 0 Å². The van der Waals surface area contributed by atoms with E-state index < -0.39 is 46.3 Å². The fourth-order valence-corrected chi connectivity index (χ4v) is 2.56. The molecule has 0 atom stereocenters. The van der Waals surface area contributed by atoms with Crippen molar-refractivity contribution in [2.24, 2.45) is 5.10 Å². The first-order valence-corrected chi connectivity index (χ1v) is 8.27. The highest BCUT2D eigenvalue weighted by Gasteiger charge is 2.36. The lowest BCUT2D eigenvalue weighted by Gasteiger charge is -2.12. The van der Waals surface area contributed by atoms with Crippen molar-refractivity contribution in [1.29, 1.82) is 5.26 Å². The Morgan fingerprint density at radius 3 is 2.42 bits per heavy atom. The summed E-state index contributed by atoms with van der Waals surface area (Å²) in [5.74, 6) is -6.61. The zero-order chi connectivity index (χ0) is 22.8. The number of aromatic nitrogens is 2. The molecular formula is C19H9F6N5O. The molecule has 31 heavy (non-hydrogen) atoms. The molecule has 3 aromatic rings. The van der Waals surface area contributed by atoms with E-state index >= 15 is 0 Å². The van der Waals surface area contributed by atoms with Crippen LogP contribution in [-0.4, -0.2) is 16.2 Å². The Kier molecular flexibility index (Phi) is 5.78. The van der Waals surface area contributed by atoms with E-state index in [1.165, 1.54) is 0 Å². The van der Waals surface area contributed by atoms with Gasteiger partial charge in [-0.1, -0.05) is 30.3 Å². The first-order valence-electron chi connectivity index (χ1n) is 8.27. The third-order valence-electron chi connectivity index (χ3n) is 3.95. The van der Waals surface area contributed by atoms with E-state index in [4.69, 9.17) is 0 Å². The van der Waals surface area contributed by atoms with Crippen molar-refractivity contribution in [2.75, 3.05) is 5.43 Å². The first-order chi connectivity index (χ1) is 14.6. The lowest BCUT2D eigenvalue weighted by molar-refractivity contribution is -0.138. The zero-order valence-corrected chi connectivity index (χ0v) is 15.1. The molecule has 158 valence electrons. The van der Waals surface area contributed by atoms with Crippen LogP contribution >= 0.6 is 0 Å². The maximum Gasteiger partial charge on any atom is 0.417 e. The number of alkyl halides is 3. The summed E-state index contributed by atoms with van der Waals surface area (Å²) >= 11 is 0. The summed E-state index contributed by atoms with van der Waals surface area (Å²) < 4.78 is 79.6. The highest BCUT2D eigenvalue weighted by Crippen LogP contribution is 2.34. The molecule has 0 aliphatic carbocycles. The summed E-state index contributed by atoms with van der Waals surface area (Å²) in [6.45, 7) is 0. The number of nitriles is 1. The molecule has 0 aliphatic rings. The minimum Gasteiger partial charge on any atom is -0.290 e. The Hall–Kier alpha value is -4.14. The molecule has 0 fully saturated rings. The van der Waals surface area contributed by atoms with Crippen molar-refractivity contribution in [3.05, 3.63) is 80.9 Å². The van der Waals surface area contributed by atoms with Crippen molar-refractivity contribution in [3.8, 4) is 17.3 Å². The summed E-state index contributed by atoms with van der Waals surface area (Å²) in [5.41, 5.74) is -1.92. The molecule has 12 heteroatoms. The summed E-state index contributed by atoms with van der Waals surface area (Å²) in [6, 6.07) is 9.53. The lowest BCUT2D eigenvalue weighted by atomic mass is 10.1. The van der Waals surface area contributed by atoms with Crippen molar-refractivity contribution in [2.45, 2.75) is 6.18 Å². The van der Waals surface area contributed by atoms with Crippen molar-refractivity contribution in [1.82, 2.24) is 9.97 Å². The maximum absolute atomic E-state index is 13.9. The van der Waals surface area contributed by atoms with Gasteiger partial charge in [-0.25, -0.2) is 23.6 Å². The Labute approximate surface area is 169 Å². The minimum atomic E-state index is -5.20. The first kappa shape index (κ1) is 21.6. The second kappa shape index (κ2) is 8.31. The number of aromatic amines is 1. The van der Waals surface area contributed by atoms with Gasteiger partial charge >= 0.3 is 6.18 Å². The number of hydrazone groups is 1. The van der Waals surface area contributed by atoms with E-state index in [9.17, 15) is 36.4 Å². The second-order valence-electron chi connectivity index (χ2n) is 5.93. The number of anilines is 1. The summed E-state index contributed by atoms with van der Waals surface area (Å²) in [5, 5.41) is 12.5. The van der Waals surface area contributed by atoms with E-state index in [0.717, 1.165) is 0 Å². The average molecular weight is 437 g/mol. The van der Waals surface area contributed by atoms with Crippen LogP contribution in [-0.2, 0) is 6.18 Å². The van der Waals surface area contributed by atoms with Crippen LogP contribution in [0.5, 0.6) is 0 Å². The maximum atomic E-state index is 13.9. The molecule has 0 unspecified atom stereocenters.